The van der Waals surface area contributed by atoms with E-state index < -0.39 is 0 Å². The molecule has 0 amide bonds. The summed E-state index contributed by atoms with van der Waals surface area (Å²) in [6.45, 7) is 4.47. The van der Waals surface area contributed by atoms with Crippen molar-refractivity contribution in [1.82, 2.24) is 0 Å². The summed E-state index contributed by atoms with van der Waals surface area (Å²) in [5.74, 6) is 1.45. The molecule has 4 heteroatoms. The van der Waals surface area contributed by atoms with E-state index in [0.29, 0.717) is 6.61 Å². The maximum atomic E-state index is 5.81. The van der Waals surface area contributed by atoms with Gasteiger partial charge in [0.2, 0.25) is 0 Å². The van der Waals surface area contributed by atoms with Crippen LogP contribution in [0.25, 0.3) is 0 Å². The predicted octanol–water partition coefficient (Wildman–Crippen LogP) is 3.30. The van der Waals surface area contributed by atoms with Crippen LogP contribution in [0.1, 0.15) is 19.4 Å². The molecule has 2 N–H and O–H groups in total. The van der Waals surface area contributed by atoms with Gasteiger partial charge in [-0.15, -0.1) is 0 Å². The normalized spacial score (nSPS) is 12.7. The number of nitrogens with two attached hydrogens (primary N) is 1. The van der Waals surface area contributed by atoms with E-state index in [1.165, 1.54) is 0 Å². The van der Waals surface area contributed by atoms with Crippen LogP contribution in [0.15, 0.2) is 28.8 Å². The standard InChI is InChI=1S/C14H20BrNO2/c1-4-5-6-18-14-12(15)8-11(7-10(2)16)9-13(14)17-3/h4-5,8-10H,6-7,16H2,1-3H3/b5-4+. The molecule has 0 fully saturated rings. The van der Waals surface area contributed by atoms with Gasteiger partial charge in [-0.1, -0.05) is 12.2 Å². The molecule has 0 spiro atoms. The van der Waals surface area contributed by atoms with Crippen LogP contribution in [0, 0.1) is 0 Å². The van der Waals surface area contributed by atoms with Gasteiger partial charge in [0.25, 0.3) is 0 Å². The Balaban J connectivity index is 2.96. The number of hydrogen-bond acceptors (Lipinski definition) is 3. The molecule has 1 unspecified atom stereocenters. The Hall–Kier alpha value is -1.00. The lowest BCUT2D eigenvalue weighted by molar-refractivity contribution is 0.324. The fourth-order valence-corrected chi connectivity index (χ4v) is 2.23. The number of rotatable bonds is 6. The number of hydrogen-bond donors (Lipinski definition) is 1. The van der Waals surface area contributed by atoms with Crippen molar-refractivity contribution in [1.29, 1.82) is 0 Å². The Labute approximate surface area is 117 Å². The van der Waals surface area contributed by atoms with Gasteiger partial charge < -0.3 is 15.2 Å². The topological polar surface area (TPSA) is 44.5 Å². The molecule has 0 saturated carbocycles. The van der Waals surface area contributed by atoms with Crippen LogP contribution < -0.4 is 15.2 Å². The summed E-state index contributed by atoms with van der Waals surface area (Å²) < 4.78 is 11.9. The van der Waals surface area contributed by atoms with E-state index in [-0.39, 0.29) is 6.04 Å². The molecule has 0 aromatic heterocycles. The molecule has 1 aromatic rings. The minimum atomic E-state index is 0.122. The zero-order valence-electron chi connectivity index (χ0n) is 11.1. The van der Waals surface area contributed by atoms with Crippen molar-refractivity contribution in [3.63, 3.8) is 0 Å². The van der Waals surface area contributed by atoms with E-state index in [1.807, 2.05) is 38.1 Å². The SMILES string of the molecule is C/C=C/COc1c(Br)cc(CC(C)N)cc1OC. The zero-order chi connectivity index (χ0) is 13.5. The number of benzene rings is 1. The molecule has 0 aliphatic heterocycles. The third-order valence-corrected chi connectivity index (χ3v) is 3.00. The Kier molecular flexibility index (Phi) is 6.22. The summed E-state index contributed by atoms with van der Waals surface area (Å²) >= 11 is 3.51. The van der Waals surface area contributed by atoms with Crippen molar-refractivity contribution in [2.45, 2.75) is 26.3 Å². The van der Waals surface area contributed by atoms with E-state index in [0.717, 1.165) is 28.0 Å². The van der Waals surface area contributed by atoms with Gasteiger partial charge in [-0.05, 0) is 53.9 Å². The quantitative estimate of drug-likeness (QED) is 0.819. The number of allylic oxidation sites excluding steroid dienone is 1. The molecule has 0 aliphatic carbocycles. The third kappa shape index (κ3) is 4.35. The fourth-order valence-electron chi connectivity index (χ4n) is 1.63. The second-order valence-corrected chi connectivity index (χ2v) is 5.02. The summed E-state index contributed by atoms with van der Waals surface area (Å²) in [5, 5.41) is 0. The fraction of sp³-hybridized carbons (Fsp3) is 0.429. The largest absolute Gasteiger partial charge is 0.493 e. The van der Waals surface area contributed by atoms with Crippen LogP contribution in [0.3, 0.4) is 0 Å². The van der Waals surface area contributed by atoms with Gasteiger partial charge in [-0.3, -0.25) is 0 Å². The van der Waals surface area contributed by atoms with E-state index in [4.69, 9.17) is 15.2 Å². The molecule has 1 aromatic carbocycles. The number of halogens is 1. The maximum absolute atomic E-state index is 5.81. The van der Waals surface area contributed by atoms with Crippen molar-refractivity contribution in [3.8, 4) is 11.5 Å². The number of ether oxygens (including phenoxy) is 2. The van der Waals surface area contributed by atoms with Gasteiger partial charge in [-0.25, -0.2) is 0 Å². The van der Waals surface area contributed by atoms with Gasteiger partial charge in [0.15, 0.2) is 11.5 Å². The molecule has 18 heavy (non-hydrogen) atoms. The van der Waals surface area contributed by atoms with Crippen LogP contribution in [0.5, 0.6) is 11.5 Å². The first-order valence-corrected chi connectivity index (χ1v) is 6.73. The Bertz CT molecular complexity index is 417. The summed E-state index contributed by atoms with van der Waals surface area (Å²) in [5.41, 5.74) is 6.94. The minimum absolute atomic E-state index is 0.122. The van der Waals surface area contributed by atoms with E-state index in [2.05, 4.69) is 15.9 Å². The highest BCUT2D eigenvalue weighted by Gasteiger charge is 2.12. The molecule has 0 bridgehead atoms. The van der Waals surface area contributed by atoms with Crippen LogP contribution in [0.4, 0.5) is 0 Å². The Morgan fingerprint density at radius 2 is 2.17 bits per heavy atom. The molecule has 1 atom stereocenters. The molecule has 0 radical (unpaired) electrons. The molecule has 3 nitrogen and oxygen atoms in total. The van der Waals surface area contributed by atoms with Crippen LogP contribution in [-0.2, 0) is 6.42 Å². The lowest BCUT2D eigenvalue weighted by Gasteiger charge is -2.14. The minimum Gasteiger partial charge on any atom is -0.493 e. The van der Waals surface area contributed by atoms with E-state index in [1.54, 1.807) is 7.11 Å². The van der Waals surface area contributed by atoms with E-state index in [9.17, 15) is 0 Å². The Morgan fingerprint density at radius 1 is 1.44 bits per heavy atom. The molecule has 0 aliphatic rings. The lowest BCUT2D eigenvalue weighted by atomic mass is 10.1. The van der Waals surface area contributed by atoms with Crippen molar-refractivity contribution in [3.05, 3.63) is 34.3 Å². The smallest absolute Gasteiger partial charge is 0.175 e. The summed E-state index contributed by atoms with van der Waals surface area (Å²) in [4.78, 5) is 0. The molecule has 1 rings (SSSR count). The molecule has 0 heterocycles. The van der Waals surface area contributed by atoms with Crippen LogP contribution in [0.2, 0.25) is 0 Å². The van der Waals surface area contributed by atoms with Gasteiger partial charge >= 0.3 is 0 Å². The second-order valence-electron chi connectivity index (χ2n) is 4.17. The Morgan fingerprint density at radius 3 is 2.72 bits per heavy atom. The highest BCUT2D eigenvalue weighted by molar-refractivity contribution is 9.10. The van der Waals surface area contributed by atoms with Gasteiger partial charge in [0.05, 0.1) is 11.6 Å². The highest BCUT2D eigenvalue weighted by atomic mass is 79.9. The lowest BCUT2D eigenvalue weighted by Crippen LogP contribution is -2.17. The third-order valence-electron chi connectivity index (χ3n) is 2.41. The van der Waals surface area contributed by atoms with Crippen molar-refractivity contribution >= 4 is 15.9 Å². The average molecular weight is 314 g/mol. The first-order chi connectivity index (χ1) is 8.58. The zero-order valence-corrected chi connectivity index (χ0v) is 12.7. The second kappa shape index (κ2) is 7.44. The van der Waals surface area contributed by atoms with Crippen molar-refractivity contribution in [2.75, 3.05) is 13.7 Å². The highest BCUT2D eigenvalue weighted by Crippen LogP contribution is 2.36. The van der Waals surface area contributed by atoms with Gasteiger partial charge in [0.1, 0.15) is 6.61 Å². The first kappa shape index (κ1) is 15.1. The van der Waals surface area contributed by atoms with E-state index >= 15 is 0 Å². The first-order valence-electron chi connectivity index (χ1n) is 5.94. The molecule has 100 valence electrons. The summed E-state index contributed by atoms with van der Waals surface area (Å²) in [7, 11) is 1.64. The monoisotopic (exact) mass is 313 g/mol. The van der Waals surface area contributed by atoms with Crippen LogP contribution >= 0.6 is 15.9 Å². The van der Waals surface area contributed by atoms with Crippen LogP contribution in [-0.4, -0.2) is 19.8 Å². The van der Waals surface area contributed by atoms with Crippen molar-refractivity contribution in [2.24, 2.45) is 5.73 Å². The van der Waals surface area contributed by atoms with Gasteiger partial charge in [0, 0.05) is 6.04 Å². The predicted molar refractivity (Wildman–Crippen MR) is 78.4 cm³/mol. The van der Waals surface area contributed by atoms with Crippen molar-refractivity contribution < 1.29 is 9.47 Å². The summed E-state index contributed by atoms with van der Waals surface area (Å²) in [6, 6.07) is 4.12. The summed E-state index contributed by atoms with van der Waals surface area (Å²) in [6.07, 6.45) is 4.71. The maximum Gasteiger partial charge on any atom is 0.175 e. The molecular formula is C14H20BrNO2. The average Bonchev–Trinajstić information content (AvgIpc) is 2.30. The van der Waals surface area contributed by atoms with Gasteiger partial charge in [-0.2, -0.15) is 0 Å². The molecule has 0 saturated heterocycles. The number of methoxy groups -OCH3 is 1. The molecular weight excluding hydrogens is 294 g/mol.